The van der Waals surface area contributed by atoms with Crippen molar-refractivity contribution in [2.75, 3.05) is 13.2 Å². The molecule has 5 heteroatoms. The van der Waals surface area contributed by atoms with Gasteiger partial charge in [-0.1, -0.05) is 35.5 Å². The van der Waals surface area contributed by atoms with E-state index < -0.39 is 5.54 Å². The van der Waals surface area contributed by atoms with E-state index >= 15 is 0 Å². The quantitative estimate of drug-likeness (QED) is 0.920. The van der Waals surface area contributed by atoms with Crippen molar-refractivity contribution >= 4 is 0 Å². The van der Waals surface area contributed by atoms with Gasteiger partial charge in [-0.2, -0.15) is 4.98 Å². The highest BCUT2D eigenvalue weighted by Gasteiger charge is 2.31. The largest absolute Gasteiger partial charge is 0.381 e. The van der Waals surface area contributed by atoms with Crippen LogP contribution < -0.4 is 5.73 Å². The number of ether oxygens (including phenoxy) is 1. The van der Waals surface area contributed by atoms with Crippen LogP contribution in [0.1, 0.15) is 30.6 Å². The predicted molar refractivity (Wildman–Crippen MR) is 74.0 cm³/mol. The Balaban J connectivity index is 1.78. The van der Waals surface area contributed by atoms with Crippen molar-refractivity contribution in [1.82, 2.24) is 10.1 Å². The molecule has 5 nitrogen and oxygen atoms in total. The lowest BCUT2D eigenvalue weighted by atomic mass is 9.93. The first-order valence-corrected chi connectivity index (χ1v) is 6.91. The highest BCUT2D eigenvalue weighted by atomic mass is 16.5. The van der Waals surface area contributed by atoms with Crippen LogP contribution in [0.5, 0.6) is 0 Å². The molecule has 20 heavy (non-hydrogen) atoms. The minimum atomic E-state index is -0.765. The number of nitrogens with two attached hydrogens (primary N) is 1. The zero-order valence-electron chi connectivity index (χ0n) is 11.6. The Hall–Kier alpha value is -1.72. The second-order valence-corrected chi connectivity index (χ2v) is 5.52. The van der Waals surface area contributed by atoms with Crippen LogP contribution in [-0.4, -0.2) is 23.4 Å². The summed E-state index contributed by atoms with van der Waals surface area (Å²) in [6.07, 6.45) is 1.84. The smallest absolute Gasteiger partial charge is 0.251 e. The molecule has 3 rings (SSSR count). The van der Waals surface area contributed by atoms with Crippen molar-refractivity contribution in [2.24, 2.45) is 11.7 Å². The van der Waals surface area contributed by atoms with E-state index in [1.54, 1.807) is 0 Å². The van der Waals surface area contributed by atoms with E-state index in [4.69, 9.17) is 15.0 Å². The molecule has 0 spiro atoms. The molecule has 1 fully saturated rings. The van der Waals surface area contributed by atoms with Crippen LogP contribution in [0.4, 0.5) is 0 Å². The minimum Gasteiger partial charge on any atom is -0.381 e. The van der Waals surface area contributed by atoms with Crippen LogP contribution in [0.2, 0.25) is 0 Å². The first kappa shape index (κ1) is 13.3. The summed E-state index contributed by atoms with van der Waals surface area (Å²) in [5.41, 5.74) is 6.55. The van der Waals surface area contributed by atoms with Crippen molar-refractivity contribution in [3.8, 4) is 0 Å². The van der Waals surface area contributed by atoms with Crippen LogP contribution in [0.25, 0.3) is 0 Å². The van der Waals surface area contributed by atoms with E-state index in [0.717, 1.165) is 31.6 Å². The highest BCUT2D eigenvalue weighted by molar-refractivity contribution is 5.28. The second kappa shape index (κ2) is 5.34. The number of hydrogen-bond acceptors (Lipinski definition) is 5. The van der Waals surface area contributed by atoms with Crippen LogP contribution in [0.15, 0.2) is 34.9 Å². The molecular formula is C15H19N3O2. The monoisotopic (exact) mass is 273 g/mol. The van der Waals surface area contributed by atoms with Gasteiger partial charge in [0, 0.05) is 19.6 Å². The Morgan fingerprint density at radius 1 is 1.35 bits per heavy atom. The average molecular weight is 273 g/mol. The maximum atomic E-state index is 6.36. The van der Waals surface area contributed by atoms with Crippen LogP contribution in [-0.2, 0) is 16.7 Å². The van der Waals surface area contributed by atoms with Crippen molar-refractivity contribution in [3.63, 3.8) is 0 Å². The summed E-state index contributed by atoms with van der Waals surface area (Å²) in [7, 11) is 0. The molecule has 2 unspecified atom stereocenters. The molecular weight excluding hydrogens is 254 g/mol. The number of aromatic nitrogens is 2. The zero-order chi connectivity index (χ0) is 14.0. The van der Waals surface area contributed by atoms with Gasteiger partial charge in [-0.05, 0) is 24.8 Å². The van der Waals surface area contributed by atoms with Crippen molar-refractivity contribution < 1.29 is 9.26 Å². The first-order valence-electron chi connectivity index (χ1n) is 6.91. The molecule has 0 saturated carbocycles. The lowest BCUT2D eigenvalue weighted by Gasteiger charge is -2.20. The molecule has 0 amide bonds. The van der Waals surface area contributed by atoms with Gasteiger partial charge in [0.25, 0.3) is 5.89 Å². The maximum Gasteiger partial charge on any atom is 0.251 e. The van der Waals surface area contributed by atoms with E-state index in [0.29, 0.717) is 17.6 Å². The van der Waals surface area contributed by atoms with Crippen LogP contribution in [0.3, 0.4) is 0 Å². The topological polar surface area (TPSA) is 74.2 Å². The van der Waals surface area contributed by atoms with E-state index in [-0.39, 0.29) is 0 Å². The Morgan fingerprint density at radius 2 is 2.15 bits per heavy atom. The van der Waals surface area contributed by atoms with E-state index in [1.165, 1.54) is 0 Å². The maximum absolute atomic E-state index is 6.36. The summed E-state index contributed by atoms with van der Waals surface area (Å²) in [5.74, 6) is 1.65. The number of benzene rings is 1. The predicted octanol–water partition coefficient (Wildman–Crippen LogP) is 1.87. The molecule has 0 radical (unpaired) electrons. The van der Waals surface area contributed by atoms with Crippen molar-refractivity contribution in [2.45, 2.75) is 25.3 Å². The Labute approximate surface area is 118 Å². The van der Waals surface area contributed by atoms with Gasteiger partial charge in [-0.25, -0.2) is 0 Å². The van der Waals surface area contributed by atoms with E-state index in [2.05, 4.69) is 10.1 Å². The minimum absolute atomic E-state index is 0.456. The van der Waals surface area contributed by atoms with Gasteiger partial charge < -0.3 is 15.0 Å². The molecule has 2 N–H and O–H groups in total. The molecule has 1 aliphatic heterocycles. The van der Waals surface area contributed by atoms with Gasteiger partial charge in [0.2, 0.25) is 0 Å². The lowest BCUT2D eigenvalue weighted by Crippen LogP contribution is -2.34. The third-order valence-electron chi connectivity index (χ3n) is 3.78. The number of nitrogens with zero attached hydrogens (tertiary/aromatic N) is 2. The van der Waals surface area contributed by atoms with E-state index in [9.17, 15) is 0 Å². The van der Waals surface area contributed by atoms with Crippen molar-refractivity contribution in [1.29, 1.82) is 0 Å². The summed E-state index contributed by atoms with van der Waals surface area (Å²) in [6.45, 7) is 3.49. The molecule has 0 aliphatic carbocycles. The van der Waals surface area contributed by atoms with E-state index in [1.807, 2.05) is 37.3 Å². The number of rotatable bonds is 4. The molecule has 1 aromatic heterocycles. The summed E-state index contributed by atoms with van der Waals surface area (Å²) in [6, 6.07) is 9.80. The summed E-state index contributed by atoms with van der Waals surface area (Å²) in [5, 5.41) is 4.05. The Kier molecular flexibility index (Phi) is 3.54. The molecule has 2 atom stereocenters. The fraction of sp³-hybridized carbons (Fsp3) is 0.467. The van der Waals surface area contributed by atoms with Crippen LogP contribution in [0, 0.1) is 5.92 Å². The molecule has 106 valence electrons. The SMILES string of the molecule is CC(N)(c1ccccc1)c1nc(CC2CCOC2)no1. The summed E-state index contributed by atoms with van der Waals surface area (Å²) in [4.78, 5) is 4.46. The normalized spacial score (nSPS) is 21.8. The third-order valence-corrected chi connectivity index (χ3v) is 3.78. The Bertz CT molecular complexity index is 560. The van der Waals surface area contributed by atoms with Gasteiger partial charge in [-0.3, -0.25) is 0 Å². The van der Waals surface area contributed by atoms with Gasteiger partial charge in [-0.15, -0.1) is 0 Å². The van der Waals surface area contributed by atoms with Crippen LogP contribution >= 0.6 is 0 Å². The lowest BCUT2D eigenvalue weighted by molar-refractivity contribution is 0.185. The Morgan fingerprint density at radius 3 is 2.85 bits per heavy atom. The summed E-state index contributed by atoms with van der Waals surface area (Å²) >= 11 is 0. The number of hydrogen-bond donors (Lipinski definition) is 1. The van der Waals surface area contributed by atoms with Gasteiger partial charge in [0.05, 0.1) is 0 Å². The second-order valence-electron chi connectivity index (χ2n) is 5.52. The fourth-order valence-corrected chi connectivity index (χ4v) is 2.46. The molecule has 1 saturated heterocycles. The van der Waals surface area contributed by atoms with Gasteiger partial charge >= 0.3 is 0 Å². The summed E-state index contributed by atoms with van der Waals surface area (Å²) < 4.78 is 10.7. The molecule has 2 heterocycles. The van der Waals surface area contributed by atoms with Gasteiger partial charge in [0.15, 0.2) is 5.82 Å². The first-order chi connectivity index (χ1) is 9.66. The average Bonchev–Trinajstić information content (AvgIpc) is 3.12. The fourth-order valence-electron chi connectivity index (χ4n) is 2.46. The standard InChI is InChI=1S/C15H19N3O2/c1-15(16,12-5-3-2-4-6-12)14-17-13(18-20-14)9-11-7-8-19-10-11/h2-6,11H,7-10,16H2,1H3. The van der Waals surface area contributed by atoms with Crippen molar-refractivity contribution in [3.05, 3.63) is 47.6 Å². The molecule has 1 aromatic carbocycles. The molecule has 1 aliphatic rings. The van der Waals surface area contributed by atoms with Gasteiger partial charge in [0.1, 0.15) is 5.54 Å². The molecule has 2 aromatic rings. The zero-order valence-corrected chi connectivity index (χ0v) is 11.6. The highest BCUT2D eigenvalue weighted by Crippen LogP contribution is 2.25. The third kappa shape index (κ3) is 2.59. The molecule has 0 bridgehead atoms.